The van der Waals surface area contributed by atoms with E-state index in [1.54, 1.807) is 21.5 Å². The Morgan fingerprint density at radius 2 is 2.00 bits per heavy atom. The molecule has 0 spiro atoms. The lowest BCUT2D eigenvalue weighted by Crippen LogP contribution is -2.58. The molecule has 0 radical (unpaired) electrons. The number of aromatic nitrogens is 2. The summed E-state index contributed by atoms with van der Waals surface area (Å²) in [5.74, 6) is 0.613. The van der Waals surface area contributed by atoms with E-state index in [1.165, 1.54) is 0 Å². The van der Waals surface area contributed by atoms with Gasteiger partial charge in [-0.25, -0.2) is 9.48 Å². The summed E-state index contributed by atoms with van der Waals surface area (Å²) in [5, 5.41) is 7.44. The molecule has 0 saturated carbocycles. The van der Waals surface area contributed by atoms with Crippen molar-refractivity contribution in [1.29, 1.82) is 0 Å². The Balaban J connectivity index is 1.81. The Morgan fingerprint density at radius 3 is 2.70 bits per heavy atom. The molecule has 1 aliphatic heterocycles. The van der Waals surface area contributed by atoms with Crippen LogP contribution in [0.5, 0.6) is 0 Å². The van der Waals surface area contributed by atoms with Crippen LogP contribution in [-0.2, 0) is 4.79 Å². The molecule has 0 aliphatic carbocycles. The molecular weight excluding hydrogens is 342 g/mol. The van der Waals surface area contributed by atoms with Crippen molar-refractivity contribution in [2.45, 2.75) is 39.2 Å². The minimum Gasteiger partial charge on any atom is -0.342 e. The van der Waals surface area contributed by atoms with Crippen molar-refractivity contribution in [1.82, 2.24) is 19.6 Å². The van der Waals surface area contributed by atoms with Gasteiger partial charge < -0.3 is 9.80 Å². The van der Waals surface area contributed by atoms with Crippen LogP contribution >= 0.6 is 0 Å². The smallest absolute Gasteiger partial charge is 0.323 e. The Bertz CT molecular complexity index is 802. The molecule has 0 unspecified atom stereocenters. The molecule has 3 amide bonds. The third kappa shape index (κ3) is 4.13. The van der Waals surface area contributed by atoms with Gasteiger partial charge in [0.05, 0.1) is 11.4 Å². The standard InChI is InChI=1S/C20H27N5O2/c1-4-5-11-17-19(26)23(3)12-13-24(17)20(27)21-18-14-15(2)22-25(18)16-9-7-6-8-10-16/h6-10,14,17H,4-5,11-13H2,1-3H3,(H,21,27)/t17-/m1/s1. The van der Waals surface area contributed by atoms with Crippen molar-refractivity contribution in [3.63, 3.8) is 0 Å². The van der Waals surface area contributed by atoms with Gasteiger partial charge in [-0.3, -0.25) is 10.1 Å². The van der Waals surface area contributed by atoms with E-state index in [0.717, 1.165) is 24.2 Å². The monoisotopic (exact) mass is 369 g/mol. The quantitative estimate of drug-likeness (QED) is 0.881. The number of hydrogen-bond acceptors (Lipinski definition) is 3. The summed E-state index contributed by atoms with van der Waals surface area (Å²) in [5.41, 5.74) is 1.68. The van der Waals surface area contributed by atoms with Gasteiger partial charge in [0.1, 0.15) is 11.9 Å². The molecule has 1 saturated heterocycles. The molecule has 2 aromatic rings. The van der Waals surface area contributed by atoms with E-state index in [4.69, 9.17) is 0 Å². The lowest BCUT2D eigenvalue weighted by atomic mass is 10.0. The normalized spacial score (nSPS) is 17.3. The molecule has 7 nitrogen and oxygen atoms in total. The molecule has 27 heavy (non-hydrogen) atoms. The fraction of sp³-hybridized carbons (Fsp3) is 0.450. The van der Waals surface area contributed by atoms with Gasteiger partial charge in [-0.05, 0) is 25.5 Å². The summed E-state index contributed by atoms with van der Waals surface area (Å²) in [6, 6.07) is 10.8. The molecule has 1 atom stereocenters. The Hall–Kier alpha value is -2.83. The zero-order valence-corrected chi connectivity index (χ0v) is 16.2. The lowest BCUT2D eigenvalue weighted by molar-refractivity contribution is -0.138. The molecule has 0 bridgehead atoms. The van der Waals surface area contributed by atoms with Crippen LogP contribution in [0.25, 0.3) is 5.69 Å². The molecule has 1 aromatic heterocycles. The highest BCUT2D eigenvalue weighted by Gasteiger charge is 2.35. The molecule has 3 rings (SSSR count). The van der Waals surface area contributed by atoms with Crippen molar-refractivity contribution in [2.75, 3.05) is 25.5 Å². The van der Waals surface area contributed by atoms with Crippen molar-refractivity contribution >= 4 is 17.8 Å². The molecule has 2 heterocycles. The van der Waals surface area contributed by atoms with E-state index >= 15 is 0 Å². The minimum atomic E-state index is -0.405. The van der Waals surface area contributed by atoms with E-state index in [0.29, 0.717) is 25.3 Å². The number of para-hydroxylation sites is 1. The van der Waals surface area contributed by atoms with E-state index < -0.39 is 6.04 Å². The second-order valence-corrected chi connectivity index (χ2v) is 6.96. The number of carbonyl (C=O) groups is 2. The van der Waals surface area contributed by atoms with Crippen LogP contribution in [0, 0.1) is 6.92 Å². The van der Waals surface area contributed by atoms with E-state index in [-0.39, 0.29) is 11.9 Å². The first-order valence-electron chi connectivity index (χ1n) is 9.46. The summed E-state index contributed by atoms with van der Waals surface area (Å²) >= 11 is 0. The van der Waals surface area contributed by atoms with Gasteiger partial charge in [-0.2, -0.15) is 5.10 Å². The topological polar surface area (TPSA) is 70.5 Å². The summed E-state index contributed by atoms with van der Waals surface area (Å²) < 4.78 is 1.71. The number of likely N-dealkylation sites (N-methyl/N-ethyl adjacent to an activating group) is 1. The first-order chi connectivity index (χ1) is 13.0. The summed E-state index contributed by atoms with van der Waals surface area (Å²) in [6.07, 6.45) is 2.59. The van der Waals surface area contributed by atoms with E-state index in [1.807, 2.05) is 43.3 Å². The predicted octanol–water partition coefficient (Wildman–Crippen LogP) is 3.05. The summed E-state index contributed by atoms with van der Waals surface area (Å²) in [7, 11) is 1.80. The summed E-state index contributed by atoms with van der Waals surface area (Å²) in [6.45, 7) is 5.05. The van der Waals surface area contributed by atoms with Gasteiger partial charge in [-0.1, -0.05) is 38.0 Å². The highest BCUT2D eigenvalue weighted by molar-refractivity contribution is 5.94. The largest absolute Gasteiger partial charge is 0.342 e. The fourth-order valence-electron chi connectivity index (χ4n) is 3.37. The number of aryl methyl sites for hydroxylation is 1. The van der Waals surface area contributed by atoms with Crippen LogP contribution in [0.1, 0.15) is 31.9 Å². The summed E-state index contributed by atoms with van der Waals surface area (Å²) in [4.78, 5) is 28.9. The number of rotatable bonds is 5. The molecular formula is C20H27N5O2. The number of benzene rings is 1. The third-order valence-corrected chi connectivity index (χ3v) is 4.87. The second kappa shape index (κ2) is 8.24. The number of piperazine rings is 1. The van der Waals surface area contributed by atoms with Gasteiger partial charge >= 0.3 is 6.03 Å². The van der Waals surface area contributed by atoms with Crippen LogP contribution < -0.4 is 5.32 Å². The Kier molecular flexibility index (Phi) is 5.78. The molecule has 144 valence electrons. The number of nitrogens with zero attached hydrogens (tertiary/aromatic N) is 4. The van der Waals surface area contributed by atoms with Crippen LogP contribution in [-0.4, -0.2) is 57.7 Å². The van der Waals surface area contributed by atoms with Gasteiger partial charge in [-0.15, -0.1) is 0 Å². The Labute approximate surface area is 159 Å². The highest BCUT2D eigenvalue weighted by atomic mass is 16.2. The average molecular weight is 369 g/mol. The number of carbonyl (C=O) groups excluding carboxylic acids is 2. The third-order valence-electron chi connectivity index (χ3n) is 4.87. The number of hydrogen-bond donors (Lipinski definition) is 1. The second-order valence-electron chi connectivity index (χ2n) is 6.96. The lowest BCUT2D eigenvalue weighted by Gasteiger charge is -2.39. The van der Waals surface area contributed by atoms with Gasteiger partial charge in [0.2, 0.25) is 5.91 Å². The van der Waals surface area contributed by atoms with Crippen molar-refractivity contribution in [3.05, 3.63) is 42.1 Å². The molecule has 7 heteroatoms. The van der Waals surface area contributed by atoms with Crippen LogP contribution in [0.2, 0.25) is 0 Å². The SMILES string of the molecule is CCCC[C@@H]1C(=O)N(C)CCN1C(=O)Nc1cc(C)nn1-c1ccccc1. The van der Waals surface area contributed by atoms with Crippen LogP contribution in [0.15, 0.2) is 36.4 Å². The zero-order valence-electron chi connectivity index (χ0n) is 16.2. The maximum absolute atomic E-state index is 13.0. The number of nitrogens with one attached hydrogen (secondary N) is 1. The van der Waals surface area contributed by atoms with Crippen LogP contribution in [0.4, 0.5) is 10.6 Å². The number of urea groups is 1. The number of amides is 3. The van der Waals surface area contributed by atoms with E-state index in [9.17, 15) is 9.59 Å². The minimum absolute atomic E-state index is 0.0117. The van der Waals surface area contributed by atoms with Gasteiger partial charge in [0.15, 0.2) is 0 Å². The van der Waals surface area contributed by atoms with Crippen molar-refractivity contribution < 1.29 is 9.59 Å². The maximum atomic E-state index is 13.0. The highest BCUT2D eigenvalue weighted by Crippen LogP contribution is 2.20. The predicted molar refractivity (Wildman–Crippen MR) is 105 cm³/mol. The first-order valence-corrected chi connectivity index (χ1v) is 9.46. The number of unbranched alkanes of at least 4 members (excludes halogenated alkanes) is 1. The van der Waals surface area contributed by atoms with Crippen LogP contribution in [0.3, 0.4) is 0 Å². The number of anilines is 1. The first kappa shape index (κ1) is 18.9. The van der Waals surface area contributed by atoms with Gasteiger partial charge in [0.25, 0.3) is 0 Å². The Morgan fingerprint density at radius 1 is 1.26 bits per heavy atom. The van der Waals surface area contributed by atoms with Crippen molar-refractivity contribution in [3.8, 4) is 5.69 Å². The molecule has 1 aromatic carbocycles. The average Bonchev–Trinajstić information content (AvgIpc) is 3.03. The molecule has 1 N–H and O–H groups in total. The van der Waals surface area contributed by atoms with Crippen molar-refractivity contribution in [2.24, 2.45) is 0 Å². The van der Waals surface area contributed by atoms with Gasteiger partial charge in [0, 0.05) is 26.2 Å². The molecule has 1 fully saturated rings. The molecule has 1 aliphatic rings. The zero-order chi connectivity index (χ0) is 19.4. The van der Waals surface area contributed by atoms with E-state index in [2.05, 4.69) is 17.3 Å². The maximum Gasteiger partial charge on any atom is 0.323 e. The fourth-order valence-corrected chi connectivity index (χ4v) is 3.37.